The van der Waals surface area contributed by atoms with Crippen LogP contribution in [0.1, 0.15) is 12.0 Å². The summed E-state index contributed by atoms with van der Waals surface area (Å²) in [5.41, 5.74) is 1.38. The van der Waals surface area contributed by atoms with Gasteiger partial charge in [0.2, 0.25) is 0 Å². The number of hydrogen-bond acceptors (Lipinski definition) is 2. The van der Waals surface area contributed by atoms with Crippen molar-refractivity contribution in [2.75, 3.05) is 20.7 Å². The fourth-order valence-electron chi connectivity index (χ4n) is 1.17. The van der Waals surface area contributed by atoms with E-state index < -0.39 is 0 Å². The van der Waals surface area contributed by atoms with Crippen molar-refractivity contribution >= 4 is 0 Å². The maximum absolute atomic E-state index is 5.30. The Hall–Kier alpha value is -0.860. The van der Waals surface area contributed by atoms with Crippen molar-refractivity contribution in [2.24, 2.45) is 0 Å². The van der Waals surface area contributed by atoms with Gasteiger partial charge in [0.1, 0.15) is 0 Å². The van der Waals surface area contributed by atoms with Crippen LogP contribution in [-0.4, -0.2) is 25.8 Å². The number of rotatable bonds is 5. The molecule has 0 aliphatic heterocycles. The first-order valence-corrected chi connectivity index (χ1v) is 4.63. The summed E-state index contributed by atoms with van der Waals surface area (Å²) in [5, 5.41) is 1.74. The molecule has 1 rings (SSSR count). The van der Waals surface area contributed by atoms with Gasteiger partial charge in [-0.15, -0.1) is 0 Å². The first kappa shape index (κ1) is 10.2. The Labute approximate surface area is 80.1 Å². The summed E-state index contributed by atoms with van der Waals surface area (Å²) in [6.45, 7) is 0.794. The van der Waals surface area contributed by atoms with Gasteiger partial charge < -0.3 is 0 Å². The number of hydroxylamine groups is 2. The second-order valence-electron chi connectivity index (χ2n) is 3.23. The van der Waals surface area contributed by atoms with Gasteiger partial charge in [-0.25, -0.2) is 0 Å². The van der Waals surface area contributed by atoms with Crippen LogP contribution in [0.5, 0.6) is 0 Å². The minimum Gasteiger partial charge on any atom is -0.300 e. The molecule has 0 fully saturated rings. The fourth-order valence-corrected chi connectivity index (χ4v) is 1.17. The molecule has 1 aromatic carbocycles. The van der Waals surface area contributed by atoms with E-state index in [1.165, 1.54) is 5.56 Å². The zero-order valence-corrected chi connectivity index (χ0v) is 8.36. The Morgan fingerprint density at radius 2 is 1.85 bits per heavy atom. The van der Waals surface area contributed by atoms with E-state index in [0.29, 0.717) is 0 Å². The van der Waals surface area contributed by atoms with Gasteiger partial charge in [-0.3, -0.25) is 4.84 Å². The number of aryl methyl sites for hydroxylation is 1. The first-order chi connectivity index (χ1) is 6.29. The molecule has 0 aromatic heterocycles. The molecular formula is C11H17NO. The molecule has 2 heteroatoms. The van der Waals surface area contributed by atoms with Crippen LogP contribution in [0.3, 0.4) is 0 Å². The molecule has 0 radical (unpaired) electrons. The molecule has 0 bridgehead atoms. The van der Waals surface area contributed by atoms with Crippen LogP contribution in [0.15, 0.2) is 30.3 Å². The third-order valence-electron chi connectivity index (χ3n) is 1.80. The van der Waals surface area contributed by atoms with Gasteiger partial charge in [-0.2, -0.15) is 5.06 Å². The predicted molar refractivity (Wildman–Crippen MR) is 54.4 cm³/mol. The van der Waals surface area contributed by atoms with Crippen molar-refractivity contribution in [1.82, 2.24) is 5.06 Å². The van der Waals surface area contributed by atoms with E-state index in [2.05, 4.69) is 24.3 Å². The Morgan fingerprint density at radius 3 is 2.46 bits per heavy atom. The maximum atomic E-state index is 5.30. The summed E-state index contributed by atoms with van der Waals surface area (Å²) < 4.78 is 0. The SMILES string of the molecule is CN(C)OCCCc1ccccc1. The zero-order valence-electron chi connectivity index (χ0n) is 8.36. The molecule has 0 saturated heterocycles. The monoisotopic (exact) mass is 179 g/mol. The molecular weight excluding hydrogens is 162 g/mol. The molecule has 13 heavy (non-hydrogen) atoms. The minimum atomic E-state index is 0.794. The van der Waals surface area contributed by atoms with Crippen molar-refractivity contribution in [3.8, 4) is 0 Å². The van der Waals surface area contributed by atoms with Crippen molar-refractivity contribution < 1.29 is 4.84 Å². The van der Waals surface area contributed by atoms with Gasteiger partial charge in [0.25, 0.3) is 0 Å². The predicted octanol–water partition coefficient (Wildman–Crippen LogP) is 2.11. The lowest BCUT2D eigenvalue weighted by Crippen LogP contribution is -2.13. The third kappa shape index (κ3) is 4.65. The fraction of sp³-hybridized carbons (Fsp3) is 0.455. The van der Waals surface area contributed by atoms with E-state index in [-0.39, 0.29) is 0 Å². The summed E-state index contributed by atoms with van der Waals surface area (Å²) in [4.78, 5) is 5.30. The molecule has 0 saturated carbocycles. The van der Waals surface area contributed by atoms with Crippen LogP contribution in [0, 0.1) is 0 Å². The Bertz CT molecular complexity index is 221. The Morgan fingerprint density at radius 1 is 1.15 bits per heavy atom. The molecule has 0 amide bonds. The van der Waals surface area contributed by atoms with Crippen LogP contribution in [0.4, 0.5) is 0 Å². The summed E-state index contributed by atoms with van der Waals surface area (Å²) in [7, 11) is 3.81. The van der Waals surface area contributed by atoms with Crippen LogP contribution < -0.4 is 0 Å². The molecule has 0 atom stereocenters. The minimum absolute atomic E-state index is 0.794. The van der Waals surface area contributed by atoms with Gasteiger partial charge in [-0.1, -0.05) is 30.3 Å². The lowest BCUT2D eigenvalue weighted by Gasteiger charge is -2.09. The summed E-state index contributed by atoms with van der Waals surface area (Å²) in [6, 6.07) is 10.5. The van der Waals surface area contributed by atoms with Crippen molar-refractivity contribution in [2.45, 2.75) is 12.8 Å². The summed E-state index contributed by atoms with van der Waals surface area (Å²) >= 11 is 0. The lowest BCUT2D eigenvalue weighted by molar-refractivity contribution is -0.120. The van der Waals surface area contributed by atoms with Gasteiger partial charge >= 0.3 is 0 Å². The van der Waals surface area contributed by atoms with Crippen molar-refractivity contribution in [3.05, 3.63) is 35.9 Å². The zero-order chi connectivity index (χ0) is 9.52. The van der Waals surface area contributed by atoms with Gasteiger partial charge in [0.15, 0.2) is 0 Å². The quantitative estimate of drug-likeness (QED) is 0.507. The van der Waals surface area contributed by atoms with Crippen LogP contribution in [0.2, 0.25) is 0 Å². The van der Waals surface area contributed by atoms with E-state index in [1.807, 2.05) is 20.2 Å². The second-order valence-corrected chi connectivity index (χ2v) is 3.23. The molecule has 1 aromatic rings. The molecule has 0 heterocycles. The lowest BCUT2D eigenvalue weighted by atomic mass is 10.1. The van der Waals surface area contributed by atoms with Gasteiger partial charge in [-0.05, 0) is 18.4 Å². The molecule has 2 nitrogen and oxygen atoms in total. The smallest absolute Gasteiger partial charge is 0.0688 e. The van der Waals surface area contributed by atoms with Gasteiger partial charge in [0.05, 0.1) is 6.61 Å². The average Bonchev–Trinajstić information content (AvgIpc) is 2.14. The number of nitrogens with zero attached hydrogens (tertiary/aromatic N) is 1. The highest BCUT2D eigenvalue weighted by Crippen LogP contribution is 2.02. The largest absolute Gasteiger partial charge is 0.300 e. The van der Waals surface area contributed by atoms with E-state index >= 15 is 0 Å². The Balaban J connectivity index is 2.13. The highest BCUT2D eigenvalue weighted by molar-refractivity contribution is 5.14. The summed E-state index contributed by atoms with van der Waals surface area (Å²) in [6.07, 6.45) is 2.16. The topological polar surface area (TPSA) is 12.5 Å². The number of hydrogen-bond donors (Lipinski definition) is 0. The maximum Gasteiger partial charge on any atom is 0.0688 e. The summed E-state index contributed by atoms with van der Waals surface area (Å²) in [5.74, 6) is 0. The van der Waals surface area contributed by atoms with Crippen LogP contribution in [0.25, 0.3) is 0 Å². The Kier molecular flexibility index (Phi) is 4.50. The molecule has 0 spiro atoms. The van der Waals surface area contributed by atoms with E-state index in [9.17, 15) is 0 Å². The molecule has 0 aliphatic rings. The van der Waals surface area contributed by atoms with E-state index in [0.717, 1.165) is 19.4 Å². The molecule has 0 unspecified atom stereocenters. The van der Waals surface area contributed by atoms with E-state index in [4.69, 9.17) is 4.84 Å². The molecule has 0 N–H and O–H groups in total. The standard InChI is InChI=1S/C11H17NO/c1-12(2)13-10-6-9-11-7-4-3-5-8-11/h3-5,7-8H,6,9-10H2,1-2H3. The molecule has 0 aliphatic carbocycles. The second kappa shape index (κ2) is 5.73. The van der Waals surface area contributed by atoms with Crippen LogP contribution >= 0.6 is 0 Å². The van der Waals surface area contributed by atoms with Crippen molar-refractivity contribution in [1.29, 1.82) is 0 Å². The van der Waals surface area contributed by atoms with Crippen molar-refractivity contribution in [3.63, 3.8) is 0 Å². The highest BCUT2D eigenvalue weighted by atomic mass is 16.7. The highest BCUT2D eigenvalue weighted by Gasteiger charge is 1.93. The third-order valence-corrected chi connectivity index (χ3v) is 1.80. The average molecular weight is 179 g/mol. The first-order valence-electron chi connectivity index (χ1n) is 4.63. The van der Waals surface area contributed by atoms with Gasteiger partial charge in [0, 0.05) is 14.1 Å². The molecule has 72 valence electrons. The van der Waals surface area contributed by atoms with Crippen LogP contribution in [-0.2, 0) is 11.3 Å². The number of benzene rings is 1. The van der Waals surface area contributed by atoms with E-state index in [1.54, 1.807) is 5.06 Å². The normalized spacial score (nSPS) is 10.7.